The Labute approximate surface area is 65.3 Å². The molecule has 0 aromatic rings. The zero-order valence-electron chi connectivity index (χ0n) is 6.15. The van der Waals surface area contributed by atoms with Crippen LogP contribution in [-0.2, 0) is 14.9 Å². The maximum Gasteiger partial charge on any atom is 0.265 e. The lowest BCUT2D eigenvalue weighted by atomic mass is 10.1. The molecule has 6 heteroatoms. The van der Waals surface area contributed by atoms with Crippen molar-refractivity contribution in [1.29, 1.82) is 0 Å². The van der Waals surface area contributed by atoms with E-state index in [4.69, 9.17) is 10.3 Å². The molecule has 11 heavy (non-hydrogen) atoms. The van der Waals surface area contributed by atoms with E-state index in [1.54, 1.807) is 0 Å². The zero-order chi connectivity index (χ0) is 9.07. The second-order valence-corrected chi connectivity index (χ2v) is 4.02. The standard InChI is InChI=1S/C5H11NO4S/c1-4(2-5(6)7)3-11(8,9)10/h4H,2-3H2,1H3,(H2,6,7)(H,8,9,10). The van der Waals surface area contributed by atoms with Gasteiger partial charge in [0.15, 0.2) is 0 Å². The van der Waals surface area contributed by atoms with Gasteiger partial charge in [-0.2, -0.15) is 8.42 Å². The van der Waals surface area contributed by atoms with Gasteiger partial charge in [-0.1, -0.05) is 6.92 Å². The number of rotatable bonds is 4. The molecule has 0 rings (SSSR count). The van der Waals surface area contributed by atoms with Crippen LogP contribution in [0.15, 0.2) is 0 Å². The van der Waals surface area contributed by atoms with E-state index in [2.05, 4.69) is 0 Å². The molecule has 0 saturated heterocycles. The summed E-state index contributed by atoms with van der Waals surface area (Å²) in [4.78, 5) is 10.2. The lowest BCUT2D eigenvalue weighted by Crippen LogP contribution is -2.20. The summed E-state index contributed by atoms with van der Waals surface area (Å²) >= 11 is 0. The van der Waals surface area contributed by atoms with Crippen molar-refractivity contribution >= 4 is 16.0 Å². The topological polar surface area (TPSA) is 97.5 Å². The van der Waals surface area contributed by atoms with Crippen LogP contribution in [0, 0.1) is 5.92 Å². The third kappa shape index (κ3) is 7.27. The Morgan fingerprint density at radius 1 is 1.64 bits per heavy atom. The maximum absolute atomic E-state index is 10.2. The molecular formula is C5H11NO4S. The van der Waals surface area contributed by atoms with Crippen LogP contribution in [-0.4, -0.2) is 24.6 Å². The van der Waals surface area contributed by atoms with Gasteiger partial charge in [-0.05, 0) is 5.92 Å². The van der Waals surface area contributed by atoms with E-state index in [-0.39, 0.29) is 6.42 Å². The van der Waals surface area contributed by atoms with Crippen molar-refractivity contribution in [2.24, 2.45) is 11.7 Å². The fourth-order valence-corrected chi connectivity index (χ4v) is 1.60. The van der Waals surface area contributed by atoms with Crippen molar-refractivity contribution in [3.63, 3.8) is 0 Å². The summed E-state index contributed by atoms with van der Waals surface area (Å²) in [5.41, 5.74) is 4.80. The highest BCUT2D eigenvalue weighted by atomic mass is 32.2. The van der Waals surface area contributed by atoms with Crippen LogP contribution >= 0.6 is 0 Å². The van der Waals surface area contributed by atoms with Crippen molar-refractivity contribution in [1.82, 2.24) is 0 Å². The first-order valence-electron chi connectivity index (χ1n) is 3.04. The van der Waals surface area contributed by atoms with Crippen LogP contribution in [0.2, 0.25) is 0 Å². The van der Waals surface area contributed by atoms with Gasteiger partial charge < -0.3 is 5.73 Å². The van der Waals surface area contributed by atoms with Crippen molar-refractivity contribution in [3.05, 3.63) is 0 Å². The number of primary amides is 1. The van der Waals surface area contributed by atoms with Crippen LogP contribution in [0.4, 0.5) is 0 Å². The van der Waals surface area contributed by atoms with Gasteiger partial charge in [0.2, 0.25) is 5.91 Å². The number of carbonyl (C=O) groups is 1. The molecule has 0 saturated carbocycles. The average molecular weight is 181 g/mol. The molecule has 1 amide bonds. The quantitative estimate of drug-likeness (QED) is 0.565. The molecular weight excluding hydrogens is 170 g/mol. The fourth-order valence-electron chi connectivity index (χ4n) is 0.762. The SMILES string of the molecule is CC(CC(N)=O)CS(=O)(=O)O. The van der Waals surface area contributed by atoms with Gasteiger partial charge in [-0.25, -0.2) is 0 Å². The van der Waals surface area contributed by atoms with Crippen LogP contribution in [0.5, 0.6) is 0 Å². The molecule has 0 aromatic carbocycles. The van der Waals surface area contributed by atoms with Gasteiger partial charge in [0, 0.05) is 6.42 Å². The molecule has 0 heterocycles. The second kappa shape index (κ2) is 3.68. The molecule has 0 aromatic heterocycles. The van der Waals surface area contributed by atoms with Gasteiger partial charge in [-0.3, -0.25) is 9.35 Å². The Bertz CT molecular complexity index is 233. The molecule has 0 aliphatic carbocycles. The number of hydrogen-bond acceptors (Lipinski definition) is 3. The van der Waals surface area contributed by atoms with Gasteiger partial charge in [0.1, 0.15) is 0 Å². The Kier molecular flexibility index (Phi) is 3.47. The zero-order valence-corrected chi connectivity index (χ0v) is 6.97. The predicted octanol–water partition coefficient (Wildman–Crippen LogP) is -0.614. The van der Waals surface area contributed by atoms with Gasteiger partial charge in [0.25, 0.3) is 10.1 Å². The molecule has 0 radical (unpaired) electrons. The van der Waals surface area contributed by atoms with E-state index >= 15 is 0 Å². The van der Waals surface area contributed by atoms with Crippen LogP contribution in [0.3, 0.4) is 0 Å². The normalized spacial score (nSPS) is 14.4. The van der Waals surface area contributed by atoms with E-state index in [0.29, 0.717) is 0 Å². The minimum atomic E-state index is -3.98. The molecule has 0 aliphatic rings. The highest BCUT2D eigenvalue weighted by molar-refractivity contribution is 7.85. The molecule has 66 valence electrons. The number of carbonyl (C=O) groups excluding carboxylic acids is 1. The van der Waals surface area contributed by atoms with Gasteiger partial charge in [-0.15, -0.1) is 0 Å². The highest BCUT2D eigenvalue weighted by Crippen LogP contribution is 2.03. The first-order chi connectivity index (χ1) is 4.81. The van der Waals surface area contributed by atoms with Crippen molar-refractivity contribution in [3.8, 4) is 0 Å². The lowest BCUT2D eigenvalue weighted by Gasteiger charge is -2.04. The third-order valence-corrected chi connectivity index (χ3v) is 2.04. The Morgan fingerprint density at radius 2 is 2.09 bits per heavy atom. The first kappa shape index (κ1) is 10.4. The third-order valence-electron chi connectivity index (χ3n) is 1.04. The monoisotopic (exact) mass is 181 g/mol. The summed E-state index contributed by atoms with van der Waals surface area (Å²) in [6, 6.07) is 0. The lowest BCUT2D eigenvalue weighted by molar-refractivity contribution is -0.118. The molecule has 3 N–H and O–H groups in total. The second-order valence-electron chi connectivity index (χ2n) is 2.52. The summed E-state index contributed by atoms with van der Waals surface area (Å²) in [6.45, 7) is 1.53. The van der Waals surface area contributed by atoms with E-state index in [1.165, 1.54) is 6.92 Å². The highest BCUT2D eigenvalue weighted by Gasteiger charge is 2.13. The van der Waals surface area contributed by atoms with Crippen molar-refractivity contribution in [2.45, 2.75) is 13.3 Å². The summed E-state index contributed by atoms with van der Waals surface area (Å²) in [5.74, 6) is -1.42. The number of hydrogen-bond donors (Lipinski definition) is 2. The number of amides is 1. The Hall–Kier alpha value is -0.620. The fraction of sp³-hybridized carbons (Fsp3) is 0.800. The summed E-state index contributed by atoms with van der Waals surface area (Å²) in [7, 11) is -3.98. The minimum absolute atomic E-state index is 0.0280. The summed E-state index contributed by atoms with van der Waals surface area (Å²) in [5, 5.41) is 0. The van der Waals surface area contributed by atoms with Crippen molar-refractivity contribution in [2.75, 3.05) is 5.75 Å². The van der Waals surface area contributed by atoms with Crippen LogP contribution < -0.4 is 5.73 Å². The van der Waals surface area contributed by atoms with E-state index in [0.717, 1.165) is 0 Å². The summed E-state index contributed by atoms with van der Waals surface area (Å²) < 4.78 is 28.8. The molecule has 0 fully saturated rings. The molecule has 1 unspecified atom stereocenters. The van der Waals surface area contributed by atoms with Gasteiger partial charge in [0.05, 0.1) is 5.75 Å². The maximum atomic E-state index is 10.2. The van der Waals surface area contributed by atoms with E-state index in [9.17, 15) is 13.2 Å². The van der Waals surface area contributed by atoms with Crippen LogP contribution in [0.1, 0.15) is 13.3 Å². The minimum Gasteiger partial charge on any atom is -0.370 e. The van der Waals surface area contributed by atoms with Gasteiger partial charge >= 0.3 is 0 Å². The van der Waals surface area contributed by atoms with Crippen molar-refractivity contribution < 1.29 is 17.8 Å². The van der Waals surface area contributed by atoms with E-state index in [1.807, 2.05) is 0 Å². The molecule has 0 aliphatic heterocycles. The first-order valence-corrected chi connectivity index (χ1v) is 4.65. The average Bonchev–Trinajstić information content (AvgIpc) is 1.53. The smallest absolute Gasteiger partial charge is 0.265 e. The summed E-state index contributed by atoms with van der Waals surface area (Å²) in [6.07, 6.45) is -0.0280. The van der Waals surface area contributed by atoms with Crippen LogP contribution in [0.25, 0.3) is 0 Å². The molecule has 5 nitrogen and oxygen atoms in total. The molecule has 1 atom stereocenters. The predicted molar refractivity (Wildman–Crippen MR) is 39.4 cm³/mol. The Balaban J connectivity index is 3.89. The van der Waals surface area contributed by atoms with E-state index < -0.39 is 27.7 Å². The molecule has 0 spiro atoms. The largest absolute Gasteiger partial charge is 0.370 e. The Morgan fingerprint density at radius 3 is 2.36 bits per heavy atom. The molecule has 0 bridgehead atoms. The number of nitrogens with two attached hydrogens (primary N) is 1.